The first kappa shape index (κ1) is 13.3. The fourth-order valence-corrected chi connectivity index (χ4v) is 1.22. The Kier molecular flexibility index (Phi) is 4.75. The molecule has 0 saturated heterocycles. The van der Waals surface area contributed by atoms with E-state index in [1.807, 2.05) is 45.0 Å². The average Bonchev–Trinajstić information content (AvgIpc) is 2.29. The van der Waals surface area contributed by atoms with Crippen LogP contribution in [0.2, 0.25) is 0 Å². The van der Waals surface area contributed by atoms with Gasteiger partial charge in [-0.15, -0.1) is 0 Å². The third kappa shape index (κ3) is 4.30. The van der Waals surface area contributed by atoms with Gasteiger partial charge < -0.3 is 15.5 Å². The Labute approximate surface area is 102 Å². The van der Waals surface area contributed by atoms with E-state index in [2.05, 4.69) is 15.6 Å². The second-order valence-electron chi connectivity index (χ2n) is 4.21. The van der Waals surface area contributed by atoms with Gasteiger partial charge in [0.1, 0.15) is 5.82 Å². The highest BCUT2D eigenvalue weighted by molar-refractivity contribution is 5.89. The van der Waals surface area contributed by atoms with Gasteiger partial charge in [-0.3, -0.25) is 0 Å². The van der Waals surface area contributed by atoms with E-state index in [1.54, 1.807) is 6.20 Å². The Morgan fingerprint density at radius 1 is 1.47 bits per heavy atom. The summed E-state index contributed by atoms with van der Waals surface area (Å²) in [5.74, 6) is 0.859. The van der Waals surface area contributed by atoms with Crippen molar-refractivity contribution in [1.29, 1.82) is 0 Å². The van der Waals surface area contributed by atoms with Crippen molar-refractivity contribution in [2.45, 2.75) is 26.3 Å². The number of hydrogen-bond donors (Lipinski definition) is 2. The highest BCUT2D eigenvalue weighted by Crippen LogP contribution is 2.11. The molecule has 5 heteroatoms. The Bertz CT molecular complexity index is 361. The molecule has 2 N–H and O–H groups in total. The van der Waals surface area contributed by atoms with E-state index in [1.165, 1.54) is 0 Å². The monoisotopic (exact) mass is 236 g/mol. The zero-order chi connectivity index (χ0) is 12.8. The molecular weight excluding hydrogens is 216 g/mol. The number of amides is 2. The molecule has 5 nitrogen and oxygen atoms in total. The number of anilines is 2. The normalized spacial score (nSPS) is 11.8. The minimum absolute atomic E-state index is 0.170. The lowest BCUT2D eigenvalue weighted by Crippen LogP contribution is -2.35. The van der Waals surface area contributed by atoms with Gasteiger partial charge in [0.2, 0.25) is 0 Å². The lowest BCUT2D eigenvalue weighted by molar-refractivity contribution is 0.249. The van der Waals surface area contributed by atoms with Gasteiger partial charge in [-0.2, -0.15) is 0 Å². The summed E-state index contributed by atoms with van der Waals surface area (Å²) < 4.78 is 0. The molecule has 1 atom stereocenters. The molecule has 94 valence electrons. The lowest BCUT2D eigenvalue weighted by atomic mass is 10.3. The van der Waals surface area contributed by atoms with Crippen molar-refractivity contribution < 1.29 is 4.79 Å². The zero-order valence-corrected chi connectivity index (χ0v) is 10.8. The van der Waals surface area contributed by atoms with Crippen LogP contribution in [0, 0.1) is 0 Å². The minimum atomic E-state index is -0.196. The van der Waals surface area contributed by atoms with Crippen LogP contribution in [0.15, 0.2) is 18.3 Å². The first-order valence-electron chi connectivity index (χ1n) is 5.73. The summed E-state index contributed by atoms with van der Waals surface area (Å²) in [6.45, 7) is 3.99. The molecule has 1 heterocycles. The smallest absolute Gasteiger partial charge is 0.319 e. The van der Waals surface area contributed by atoms with Crippen LogP contribution in [0.25, 0.3) is 0 Å². The van der Waals surface area contributed by atoms with Crippen LogP contribution in [0.3, 0.4) is 0 Å². The maximum atomic E-state index is 11.5. The van der Waals surface area contributed by atoms with Crippen LogP contribution in [0.1, 0.15) is 20.3 Å². The van der Waals surface area contributed by atoms with Gasteiger partial charge >= 0.3 is 6.03 Å². The van der Waals surface area contributed by atoms with Crippen LogP contribution in [0.4, 0.5) is 16.3 Å². The molecule has 0 bridgehead atoms. The van der Waals surface area contributed by atoms with E-state index < -0.39 is 0 Å². The van der Waals surface area contributed by atoms with E-state index in [0.29, 0.717) is 5.69 Å². The fraction of sp³-hybridized carbons (Fsp3) is 0.500. The number of nitrogens with one attached hydrogen (secondary N) is 2. The summed E-state index contributed by atoms with van der Waals surface area (Å²) in [5, 5.41) is 5.57. The number of rotatable bonds is 4. The predicted octanol–water partition coefficient (Wildman–Crippen LogP) is 2.07. The topological polar surface area (TPSA) is 57.3 Å². The molecule has 0 aromatic carbocycles. The van der Waals surface area contributed by atoms with Crippen LogP contribution < -0.4 is 15.5 Å². The highest BCUT2D eigenvalue weighted by atomic mass is 16.2. The summed E-state index contributed by atoms with van der Waals surface area (Å²) in [5.41, 5.74) is 0.691. The number of carbonyl (C=O) groups excluding carboxylic acids is 1. The first-order chi connectivity index (χ1) is 8.02. The third-order valence-corrected chi connectivity index (χ3v) is 2.45. The summed E-state index contributed by atoms with van der Waals surface area (Å²) >= 11 is 0. The number of nitrogens with zero attached hydrogens (tertiary/aromatic N) is 2. The van der Waals surface area contributed by atoms with E-state index in [9.17, 15) is 4.79 Å². The van der Waals surface area contributed by atoms with Crippen LogP contribution in [-0.2, 0) is 0 Å². The average molecular weight is 236 g/mol. The predicted molar refractivity (Wildman–Crippen MR) is 70.5 cm³/mol. The molecule has 1 rings (SSSR count). The van der Waals surface area contributed by atoms with Gasteiger partial charge in [-0.25, -0.2) is 9.78 Å². The number of aromatic nitrogens is 1. The largest absolute Gasteiger partial charge is 0.363 e. The SMILES string of the molecule is CCC(C)NC(=O)Nc1ccc(N(C)C)nc1. The van der Waals surface area contributed by atoms with Crippen molar-refractivity contribution >= 4 is 17.5 Å². The third-order valence-electron chi connectivity index (χ3n) is 2.45. The van der Waals surface area contributed by atoms with Crippen molar-refractivity contribution in [2.24, 2.45) is 0 Å². The summed E-state index contributed by atoms with van der Waals surface area (Å²) in [6, 6.07) is 3.67. The summed E-state index contributed by atoms with van der Waals surface area (Å²) in [7, 11) is 3.84. The highest BCUT2D eigenvalue weighted by Gasteiger charge is 2.05. The molecule has 17 heavy (non-hydrogen) atoms. The molecule has 1 unspecified atom stereocenters. The van der Waals surface area contributed by atoms with Gasteiger partial charge in [0.25, 0.3) is 0 Å². The van der Waals surface area contributed by atoms with Gasteiger partial charge in [0.05, 0.1) is 11.9 Å². The van der Waals surface area contributed by atoms with Crippen molar-refractivity contribution in [3.8, 4) is 0 Å². The number of pyridine rings is 1. The van der Waals surface area contributed by atoms with Crippen LogP contribution in [0.5, 0.6) is 0 Å². The Morgan fingerprint density at radius 2 is 2.18 bits per heavy atom. The summed E-state index contributed by atoms with van der Waals surface area (Å²) in [6.07, 6.45) is 2.55. The second kappa shape index (κ2) is 6.08. The quantitative estimate of drug-likeness (QED) is 0.841. The number of urea groups is 1. The molecule has 0 fully saturated rings. The van der Waals surface area contributed by atoms with Gasteiger partial charge in [0.15, 0.2) is 0 Å². The molecule has 2 amide bonds. The van der Waals surface area contributed by atoms with Crippen molar-refractivity contribution in [2.75, 3.05) is 24.3 Å². The molecule has 0 saturated carbocycles. The first-order valence-corrected chi connectivity index (χ1v) is 5.73. The number of hydrogen-bond acceptors (Lipinski definition) is 3. The van der Waals surface area contributed by atoms with E-state index in [-0.39, 0.29) is 12.1 Å². The van der Waals surface area contributed by atoms with E-state index >= 15 is 0 Å². The molecule has 1 aromatic heterocycles. The maximum absolute atomic E-state index is 11.5. The molecule has 0 aliphatic heterocycles. The Balaban J connectivity index is 2.54. The zero-order valence-electron chi connectivity index (χ0n) is 10.8. The molecule has 1 aromatic rings. The van der Waals surface area contributed by atoms with Crippen molar-refractivity contribution in [3.05, 3.63) is 18.3 Å². The van der Waals surface area contributed by atoms with Crippen LogP contribution in [-0.4, -0.2) is 31.2 Å². The molecule has 0 aliphatic rings. The Hall–Kier alpha value is -1.78. The van der Waals surface area contributed by atoms with Crippen molar-refractivity contribution in [1.82, 2.24) is 10.3 Å². The maximum Gasteiger partial charge on any atom is 0.319 e. The van der Waals surface area contributed by atoms with Crippen molar-refractivity contribution in [3.63, 3.8) is 0 Å². The van der Waals surface area contributed by atoms with Gasteiger partial charge in [-0.05, 0) is 25.5 Å². The summed E-state index contributed by atoms with van der Waals surface area (Å²) in [4.78, 5) is 17.7. The van der Waals surface area contributed by atoms with E-state index in [4.69, 9.17) is 0 Å². The standard InChI is InChI=1S/C12H20N4O/c1-5-9(2)14-12(17)15-10-6-7-11(13-8-10)16(3)4/h6-9H,5H2,1-4H3,(H2,14,15,17). The fourth-order valence-electron chi connectivity index (χ4n) is 1.22. The lowest BCUT2D eigenvalue weighted by Gasteiger charge is -2.14. The Morgan fingerprint density at radius 3 is 2.65 bits per heavy atom. The van der Waals surface area contributed by atoms with E-state index in [0.717, 1.165) is 12.2 Å². The number of carbonyl (C=O) groups is 1. The molecule has 0 aliphatic carbocycles. The van der Waals surface area contributed by atoms with Gasteiger partial charge in [0, 0.05) is 20.1 Å². The molecule has 0 spiro atoms. The minimum Gasteiger partial charge on any atom is -0.363 e. The molecular formula is C12H20N4O. The molecule has 0 radical (unpaired) electrons. The second-order valence-corrected chi connectivity index (χ2v) is 4.21. The van der Waals surface area contributed by atoms with Crippen LogP contribution >= 0.6 is 0 Å². The van der Waals surface area contributed by atoms with Gasteiger partial charge in [-0.1, -0.05) is 6.92 Å².